The number of hydrogen-bond acceptors (Lipinski definition) is 5. The summed E-state index contributed by atoms with van der Waals surface area (Å²) in [7, 11) is 0. The lowest BCUT2D eigenvalue weighted by atomic mass is 10.1. The number of rotatable bonds is 5. The van der Waals surface area contributed by atoms with E-state index in [4.69, 9.17) is 13.9 Å². The van der Waals surface area contributed by atoms with E-state index in [0.717, 1.165) is 18.5 Å². The van der Waals surface area contributed by atoms with Crippen molar-refractivity contribution in [1.82, 2.24) is 9.88 Å². The second-order valence-corrected chi connectivity index (χ2v) is 6.63. The lowest BCUT2D eigenvalue weighted by Gasteiger charge is -2.37. The molecule has 0 radical (unpaired) electrons. The number of carbonyl (C=O) groups excluding carboxylic acids is 1. The van der Waals surface area contributed by atoms with Gasteiger partial charge in [-0.3, -0.25) is 9.78 Å². The Bertz CT molecular complexity index is 689. The standard InChI is InChI=1S/C19H22N2O4/c22-19(17-5-3-8-24-17)21-7-9-25-18-11-14(10-16(18)21)12-23-13-15-4-1-2-6-20-15/h1-6,8,14,16,18H,7,9-13H2. The molecule has 6 heteroatoms. The molecule has 3 atom stereocenters. The number of nitrogens with zero attached hydrogens (tertiary/aromatic N) is 2. The molecule has 1 amide bonds. The molecule has 2 fully saturated rings. The minimum atomic E-state index is -0.0432. The first kappa shape index (κ1) is 16.3. The molecule has 132 valence electrons. The number of hydrogen-bond donors (Lipinski definition) is 0. The lowest BCUT2D eigenvalue weighted by Crippen LogP contribution is -2.51. The van der Waals surface area contributed by atoms with Crippen LogP contribution in [0.3, 0.4) is 0 Å². The van der Waals surface area contributed by atoms with Crippen LogP contribution in [0.15, 0.2) is 47.2 Å². The molecule has 2 aliphatic rings. The van der Waals surface area contributed by atoms with Crippen molar-refractivity contribution in [2.75, 3.05) is 19.8 Å². The van der Waals surface area contributed by atoms with Crippen LogP contribution >= 0.6 is 0 Å². The second kappa shape index (κ2) is 7.37. The molecule has 4 rings (SSSR count). The van der Waals surface area contributed by atoms with E-state index in [1.54, 1.807) is 18.3 Å². The molecule has 0 spiro atoms. The summed E-state index contributed by atoms with van der Waals surface area (Å²) in [5, 5.41) is 0. The predicted molar refractivity (Wildman–Crippen MR) is 89.9 cm³/mol. The van der Waals surface area contributed by atoms with Crippen molar-refractivity contribution in [2.24, 2.45) is 5.92 Å². The Hall–Kier alpha value is -2.18. The Morgan fingerprint density at radius 3 is 3.04 bits per heavy atom. The van der Waals surface area contributed by atoms with Crippen LogP contribution < -0.4 is 0 Å². The average molecular weight is 342 g/mol. The van der Waals surface area contributed by atoms with E-state index in [-0.39, 0.29) is 18.1 Å². The number of ether oxygens (including phenoxy) is 2. The monoisotopic (exact) mass is 342 g/mol. The maximum atomic E-state index is 12.6. The molecule has 25 heavy (non-hydrogen) atoms. The fourth-order valence-electron chi connectivity index (χ4n) is 3.79. The average Bonchev–Trinajstić information content (AvgIpc) is 3.31. The van der Waals surface area contributed by atoms with Gasteiger partial charge in [0.2, 0.25) is 0 Å². The smallest absolute Gasteiger partial charge is 0.289 e. The van der Waals surface area contributed by atoms with Gasteiger partial charge in [0, 0.05) is 12.7 Å². The van der Waals surface area contributed by atoms with Gasteiger partial charge in [0.1, 0.15) is 0 Å². The molecule has 1 saturated carbocycles. The third-order valence-electron chi connectivity index (χ3n) is 4.96. The highest BCUT2D eigenvalue weighted by Gasteiger charge is 2.43. The maximum Gasteiger partial charge on any atom is 0.289 e. The summed E-state index contributed by atoms with van der Waals surface area (Å²) in [6.07, 6.45) is 5.23. The molecular weight excluding hydrogens is 320 g/mol. The van der Waals surface area contributed by atoms with Gasteiger partial charge in [-0.25, -0.2) is 0 Å². The number of carbonyl (C=O) groups is 1. The fraction of sp³-hybridized carbons (Fsp3) is 0.474. The van der Waals surface area contributed by atoms with Gasteiger partial charge < -0.3 is 18.8 Å². The molecule has 0 bridgehead atoms. The number of pyridine rings is 1. The maximum absolute atomic E-state index is 12.6. The topological polar surface area (TPSA) is 64.8 Å². The van der Waals surface area contributed by atoms with Gasteiger partial charge in [-0.1, -0.05) is 6.07 Å². The van der Waals surface area contributed by atoms with Crippen molar-refractivity contribution in [3.8, 4) is 0 Å². The van der Waals surface area contributed by atoms with Crippen molar-refractivity contribution >= 4 is 5.91 Å². The van der Waals surface area contributed by atoms with E-state index in [2.05, 4.69) is 4.98 Å². The lowest BCUT2D eigenvalue weighted by molar-refractivity contribution is -0.0459. The number of aromatic nitrogens is 1. The molecular formula is C19H22N2O4. The minimum Gasteiger partial charge on any atom is -0.459 e. The Labute approximate surface area is 146 Å². The van der Waals surface area contributed by atoms with Crippen LogP contribution in [0.5, 0.6) is 0 Å². The third-order valence-corrected chi connectivity index (χ3v) is 4.96. The largest absolute Gasteiger partial charge is 0.459 e. The van der Waals surface area contributed by atoms with Gasteiger partial charge in [-0.2, -0.15) is 0 Å². The van der Waals surface area contributed by atoms with Crippen molar-refractivity contribution in [1.29, 1.82) is 0 Å². The quantitative estimate of drug-likeness (QED) is 0.835. The summed E-state index contributed by atoms with van der Waals surface area (Å²) >= 11 is 0. The first-order valence-electron chi connectivity index (χ1n) is 8.75. The van der Waals surface area contributed by atoms with Crippen molar-refractivity contribution in [3.05, 3.63) is 54.2 Å². The molecule has 0 N–H and O–H groups in total. The highest BCUT2D eigenvalue weighted by atomic mass is 16.5. The Kier molecular flexibility index (Phi) is 4.81. The van der Waals surface area contributed by atoms with Gasteiger partial charge in [0.15, 0.2) is 5.76 Å². The van der Waals surface area contributed by atoms with E-state index >= 15 is 0 Å². The first-order valence-corrected chi connectivity index (χ1v) is 8.75. The van der Waals surface area contributed by atoms with E-state index in [0.29, 0.717) is 38.0 Å². The third kappa shape index (κ3) is 3.60. The molecule has 2 aromatic rings. The van der Waals surface area contributed by atoms with Crippen LogP contribution in [0.4, 0.5) is 0 Å². The Balaban J connectivity index is 1.33. The summed E-state index contributed by atoms with van der Waals surface area (Å²) in [5.74, 6) is 0.748. The highest BCUT2D eigenvalue weighted by molar-refractivity contribution is 5.91. The number of fused-ring (bicyclic) bond motifs is 1. The first-order chi connectivity index (χ1) is 12.3. The molecule has 0 aromatic carbocycles. The van der Waals surface area contributed by atoms with E-state index in [9.17, 15) is 4.79 Å². The van der Waals surface area contributed by atoms with Crippen LogP contribution in [-0.2, 0) is 16.1 Å². The number of amides is 1. The van der Waals surface area contributed by atoms with Crippen LogP contribution in [-0.4, -0.2) is 47.7 Å². The van der Waals surface area contributed by atoms with Crippen LogP contribution in [0.2, 0.25) is 0 Å². The Morgan fingerprint density at radius 2 is 2.24 bits per heavy atom. The molecule has 2 aromatic heterocycles. The van der Waals surface area contributed by atoms with Gasteiger partial charge in [-0.15, -0.1) is 0 Å². The highest BCUT2D eigenvalue weighted by Crippen LogP contribution is 2.35. The van der Waals surface area contributed by atoms with Gasteiger partial charge in [-0.05, 0) is 43.0 Å². The summed E-state index contributed by atoms with van der Waals surface area (Å²) in [5.41, 5.74) is 0.934. The van der Waals surface area contributed by atoms with Gasteiger partial charge in [0.25, 0.3) is 5.91 Å². The molecule has 1 aliphatic carbocycles. The van der Waals surface area contributed by atoms with Crippen LogP contribution in [0.1, 0.15) is 29.1 Å². The second-order valence-electron chi connectivity index (χ2n) is 6.63. The van der Waals surface area contributed by atoms with Crippen LogP contribution in [0.25, 0.3) is 0 Å². The van der Waals surface area contributed by atoms with E-state index in [1.165, 1.54) is 6.26 Å². The number of morpholine rings is 1. The summed E-state index contributed by atoms with van der Waals surface area (Å²) in [6.45, 7) is 2.37. The summed E-state index contributed by atoms with van der Waals surface area (Å²) in [4.78, 5) is 18.8. The molecule has 1 saturated heterocycles. The minimum absolute atomic E-state index is 0.0432. The predicted octanol–water partition coefficient (Wildman–Crippen LogP) is 2.51. The summed E-state index contributed by atoms with van der Waals surface area (Å²) < 4.78 is 17.0. The molecule has 1 aliphatic heterocycles. The van der Waals surface area contributed by atoms with Gasteiger partial charge >= 0.3 is 0 Å². The van der Waals surface area contributed by atoms with Crippen molar-refractivity contribution in [3.63, 3.8) is 0 Å². The summed E-state index contributed by atoms with van der Waals surface area (Å²) in [6, 6.07) is 9.38. The van der Waals surface area contributed by atoms with Crippen molar-refractivity contribution < 1.29 is 18.7 Å². The van der Waals surface area contributed by atoms with E-state index in [1.807, 2.05) is 23.1 Å². The zero-order valence-corrected chi connectivity index (χ0v) is 14.0. The zero-order valence-electron chi connectivity index (χ0n) is 14.0. The number of furan rings is 1. The zero-order chi connectivity index (χ0) is 17.1. The SMILES string of the molecule is O=C(c1ccco1)N1CCOC2CC(COCc3ccccn3)CC21. The van der Waals surface area contributed by atoms with Gasteiger partial charge in [0.05, 0.1) is 43.9 Å². The van der Waals surface area contributed by atoms with Crippen LogP contribution in [0, 0.1) is 5.92 Å². The normalized spacial score (nSPS) is 25.8. The molecule has 6 nitrogen and oxygen atoms in total. The van der Waals surface area contributed by atoms with Crippen molar-refractivity contribution in [2.45, 2.75) is 31.6 Å². The fourth-order valence-corrected chi connectivity index (χ4v) is 3.79. The molecule has 3 unspecified atom stereocenters. The Morgan fingerprint density at radius 1 is 1.28 bits per heavy atom. The molecule has 3 heterocycles. The van der Waals surface area contributed by atoms with E-state index < -0.39 is 0 Å².